The van der Waals surface area contributed by atoms with Crippen molar-refractivity contribution in [1.29, 1.82) is 0 Å². The largest absolute Gasteiger partial charge is 0.379 e. The molecule has 0 amide bonds. The Balaban J connectivity index is 3.58. The molecule has 9 heavy (non-hydrogen) atoms. The fourth-order valence-electron chi connectivity index (χ4n) is 0.859. The number of nitrogens with two attached hydrogens (primary N) is 1. The fraction of sp³-hybridized carbons (Fsp3) is 1.00. The first-order valence-corrected chi connectivity index (χ1v) is 3.28. The van der Waals surface area contributed by atoms with Gasteiger partial charge in [-0.3, -0.25) is 0 Å². The predicted molar refractivity (Wildman–Crippen MR) is 39.4 cm³/mol. The molecule has 0 heterocycles. The molecule has 0 bridgehead atoms. The maximum Gasteiger partial charge on any atom is 0.0637 e. The Morgan fingerprint density at radius 3 is 2.11 bits per heavy atom. The molecule has 56 valence electrons. The van der Waals surface area contributed by atoms with E-state index in [1.165, 1.54) is 0 Å². The Labute approximate surface area is 57.4 Å². The maximum absolute atomic E-state index is 5.57. The summed E-state index contributed by atoms with van der Waals surface area (Å²) in [6, 6.07) is 0.222. The molecular weight excluding hydrogens is 114 g/mol. The predicted octanol–water partition coefficient (Wildman–Crippen LogP) is 1.15. The smallest absolute Gasteiger partial charge is 0.0637 e. The third kappa shape index (κ3) is 4.43. The first kappa shape index (κ1) is 8.92. The van der Waals surface area contributed by atoms with E-state index in [0.29, 0.717) is 0 Å². The van der Waals surface area contributed by atoms with E-state index < -0.39 is 0 Å². The summed E-state index contributed by atoms with van der Waals surface area (Å²) in [4.78, 5) is 0. The van der Waals surface area contributed by atoms with Crippen LogP contribution in [0.2, 0.25) is 0 Å². The zero-order valence-corrected chi connectivity index (χ0v) is 6.77. The number of methoxy groups -OCH3 is 1. The molecule has 0 aromatic carbocycles. The van der Waals surface area contributed by atoms with Crippen LogP contribution in [0.1, 0.15) is 27.2 Å². The van der Waals surface area contributed by atoms with Gasteiger partial charge in [0.2, 0.25) is 0 Å². The van der Waals surface area contributed by atoms with E-state index in [1.807, 2.05) is 20.8 Å². The highest BCUT2D eigenvalue weighted by Crippen LogP contribution is 2.13. The molecule has 0 spiro atoms. The van der Waals surface area contributed by atoms with Gasteiger partial charge >= 0.3 is 0 Å². The summed E-state index contributed by atoms with van der Waals surface area (Å²) < 4.78 is 5.17. The molecule has 2 N–H and O–H groups in total. The molecule has 1 atom stereocenters. The van der Waals surface area contributed by atoms with Crippen molar-refractivity contribution in [1.82, 2.24) is 0 Å². The van der Waals surface area contributed by atoms with Crippen LogP contribution in [-0.2, 0) is 4.74 Å². The van der Waals surface area contributed by atoms with Crippen molar-refractivity contribution >= 4 is 0 Å². The van der Waals surface area contributed by atoms with Crippen LogP contribution in [0.25, 0.3) is 0 Å². The minimum absolute atomic E-state index is 0.0613. The number of ether oxygens (including phenoxy) is 1. The van der Waals surface area contributed by atoms with Crippen LogP contribution >= 0.6 is 0 Å². The summed E-state index contributed by atoms with van der Waals surface area (Å²) >= 11 is 0. The van der Waals surface area contributed by atoms with Crippen molar-refractivity contribution < 1.29 is 4.74 Å². The molecule has 0 aliphatic carbocycles. The lowest BCUT2D eigenvalue weighted by molar-refractivity contribution is 0.0114. The van der Waals surface area contributed by atoms with Gasteiger partial charge in [-0.2, -0.15) is 0 Å². The Morgan fingerprint density at radius 1 is 1.56 bits per heavy atom. The highest BCUT2D eigenvalue weighted by Gasteiger charge is 2.17. The molecule has 0 unspecified atom stereocenters. The highest BCUT2D eigenvalue weighted by molar-refractivity contribution is 4.72. The van der Waals surface area contributed by atoms with Gasteiger partial charge in [0.25, 0.3) is 0 Å². The lowest BCUT2D eigenvalue weighted by Gasteiger charge is -2.24. The lowest BCUT2D eigenvalue weighted by atomic mass is 10.0. The summed E-state index contributed by atoms with van der Waals surface area (Å²) in [6.07, 6.45) is 0.906. The van der Waals surface area contributed by atoms with E-state index in [-0.39, 0.29) is 11.6 Å². The van der Waals surface area contributed by atoms with E-state index >= 15 is 0 Å². The second-order valence-electron chi connectivity index (χ2n) is 3.15. The first-order chi connectivity index (χ1) is 3.98. The summed E-state index contributed by atoms with van der Waals surface area (Å²) in [7, 11) is 1.71. The van der Waals surface area contributed by atoms with Gasteiger partial charge in [0, 0.05) is 13.2 Å². The molecular formula is C7H17NO. The SMILES string of the molecule is COC(C)(C)C[C@@H](C)N. The average Bonchev–Trinajstić information content (AvgIpc) is 1.63. The number of hydrogen-bond donors (Lipinski definition) is 1. The molecule has 0 fully saturated rings. The monoisotopic (exact) mass is 131 g/mol. The van der Waals surface area contributed by atoms with Gasteiger partial charge in [0.05, 0.1) is 5.60 Å². The van der Waals surface area contributed by atoms with Gasteiger partial charge in [-0.05, 0) is 27.2 Å². The van der Waals surface area contributed by atoms with Crippen LogP contribution in [0, 0.1) is 0 Å². The van der Waals surface area contributed by atoms with Gasteiger partial charge in [-0.25, -0.2) is 0 Å². The molecule has 0 aliphatic rings. The zero-order valence-electron chi connectivity index (χ0n) is 6.77. The number of hydrogen-bond acceptors (Lipinski definition) is 2. The Kier molecular flexibility index (Phi) is 3.15. The van der Waals surface area contributed by atoms with Crippen molar-refractivity contribution in [2.24, 2.45) is 5.73 Å². The Bertz CT molecular complexity index is 79.0. The maximum atomic E-state index is 5.57. The molecule has 0 saturated heterocycles. The normalized spacial score (nSPS) is 15.7. The van der Waals surface area contributed by atoms with E-state index in [1.54, 1.807) is 7.11 Å². The zero-order chi connectivity index (χ0) is 7.49. The van der Waals surface area contributed by atoms with Gasteiger partial charge < -0.3 is 10.5 Å². The number of rotatable bonds is 3. The van der Waals surface area contributed by atoms with Gasteiger partial charge in [-0.1, -0.05) is 0 Å². The second-order valence-corrected chi connectivity index (χ2v) is 3.15. The first-order valence-electron chi connectivity index (χ1n) is 3.28. The van der Waals surface area contributed by atoms with Crippen LogP contribution in [0.3, 0.4) is 0 Å². The Morgan fingerprint density at radius 2 is 2.00 bits per heavy atom. The van der Waals surface area contributed by atoms with Crippen LogP contribution in [0.4, 0.5) is 0 Å². The Hall–Kier alpha value is -0.0800. The molecule has 2 nitrogen and oxygen atoms in total. The van der Waals surface area contributed by atoms with Crippen LogP contribution in [-0.4, -0.2) is 18.8 Å². The summed E-state index contributed by atoms with van der Waals surface area (Å²) in [6.45, 7) is 6.06. The summed E-state index contributed by atoms with van der Waals surface area (Å²) in [5.74, 6) is 0. The van der Waals surface area contributed by atoms with Gasteiger partial charge in [-0.15, -0.1) is 0 Å². The van der Waals surface area contributed by atoms with Crippen LogP contribution < -0.4 is 5.73 Å². The third-order valence-corrected chi connectivity index (χ3v) is 1.37. The standard InChI is InChI=1S/C7H17NO/c1-6(8)5-7(2,3)9-4/h6H,5,8H2,1-4H3/t6-/m1/s1. The minimum Gasteiger partial charge on any atom is -0.379 e. The van der Waals surface area contributed by atoms with Crippen LogP contribution in [0.15, 0.2) is 0 Å². The molecule has 2 heteroatoms. The summed E-state index contributed by atoms with van der Waals surface area (Å²) in [5.41, 5.74) is 5.51. The summed E-state index contributed by atoms with van der Waals surface area (Å²) in [5, 5.41) is 0. The molecule has 0 saturated carbocycles. The van der Waals surface area contributed by atoms with Crippen molar-refractivity contribution in [2.45, 2.75) is 38.8 Å². The van der Waals surface area contributed by atoms with Crippen LogP contribution in [0.5, 0.6) is 0 Å². The lowest BCUT2D eigenvalue weighted by Crippen LogP contribution is -2.31. The van der Waals surface area contributed by atoms with Crippen molar-refractivity contribution in [3.05, 3.63) is 0 Å². The van der Waals surface area contributed by atoms with Gasteiger partial charge in [0.15, 0.2) is 0 Å². The molecule has 0 rings (SSSR count). The minimum atomic E-state index is -0.0613. The van der Waals surface area contributed by atoms with E-state index in [4.69, 9.17) is 10.5 Å². The van der Waals surface area contributed by atoms with E-state index in [9.17, 15) is 0 Å². The van der Waals surface area contributed by atoms with Crippen molar-refractivity contribution in [2.75, 3.05) is 7.11 Å². The van der Waals surface area contributed by atoms with Crippen molar-refractivity contribution in [3.8, 4) is 0 Å². The van der Waals surface area contributed by atoms with Gasteiger partial charge in [0.1, 0.15) is 0 Å². The van der Waals surface area contributed by atoms with E-state index in [2.05, 4.69) is 0 Å². The van der Waals surface area contributed by atoms with Crippen molar-refractivity contribution in [3.63, 3.8) is 0 Å². The molecule has 0 aliphatic heterocycles. The molecule has 0 aromatic rings. The second kappa shape index (κ2) is 3.18. The quantitative estimate of drug-likeness (QED) is 0.623. The highest BCUT2D eigenvalue weighted by atomic mass is 16.5. The molecule has 0 aromatic heterocycles. The third-order valence-electron chi connectivity index (χ3n) is 1.37. The topological polar surface area (TPSA) is 35.2 Å². The molecule has 0 radical (unpaired) electrons. The average molecular weight is 131 g/mol. The van der Waals surface area contributed by atoms with E-state index in [0.717, 1.165) is 6.42 Å². The fourth-order valence-corrected chi connectivity index (χ4v) is 0.859.